The zero-order chi connectivity index (χ0) is 14.4. The predicted molar refractivity (Wildman–Crippen MR) is 70.7 cm³/mol. The van der Waals surface area contributed by atoms with Gasteiger partial charge in [0, 0.05) is 7.05 Å². The van der Waals surface area contributed by atoms with Crippen molar-refractivity contribution in [3.63, 3.8) is 0 Å². The number of carboxylic acid groups (broad SMARTS) is 1. The largest absolute Gasteiger partial charge is 0.480 e. The quantitative estimate of drug-likeness (QED) is 0.887. The van der Waals surface area contributed by atoms with E-state index in [1.807, 2.05) is 30.3 Å². The van der Waals surface area contributed by atoms with Crippen LogP contribution in [0.1, 0.15) is 19.4 Å². The number of likely N-dealkylation sites (N-methyl/N-ethyl adjacent to an activating group) is 1. The second-order valence-corrected chi connectivity index (χ2v) is 4.68. The molecular weight excluding hydrogens is 246 g/mol. The Morgan fingerprint density at radius 2 is 1.84 bits per heavy atom. The molecule has 0 heterocycles. The minimum absolute atomic E-state index is 0.133. The lowest BCUT2D eigenvalue weighted by Crippen LogP contribution is -2.45. The van der Waals surface area contributed by atoms with Crippen LogP contribution in [0.3, 0.4) is 0 Å². The molecule has 0 aliphatic heterocycles. The average molecular weight is 265 g/mol. The Labute approximate surface area is 112 Å². The molecule has 0 saturated carbocycles. The molecule has 19 heavy (non-hydrogen) atoms. The van der Waals surface area contributed by atoms with E-state index in [2.05, 4.69) is 0 Å². The Balaban J connectivity index is 2.59. The van der Waals surface area contributed by atoms with Crippen molar-refractivity contribution >= 4 is 12.1 Å². The van der Waals surface area contributed by atoms with Gasteiger partial charge in [-0.15, -0.1) is 0 Å². The van der Waals surface area contributed by atoms with Crippen molar-refractivity contribution in [2.24, 2.45) is 5.92 Å². The summed E-state index contributed by atoms with van der Waals surface area (Å²) >= 11 is 0. The van der Waals surface area contributed by atoms with Crippen LogP contribution in [-0.2, 0) is 16.1 Å². The third-order valence-electron chi connectivity index (χ3n) is 2.79. The van der Waals surface area contributed by atoms with Gasteiger partial charge in [-0.3, -0.25) is 4.90 Å². The normalized spacial score (nSPS) is 12.0. The number of carbonyl (C=O) groups excluding carboxylic acids is 1. The fraction of sp³-hybridized carbons (Fsp3) is 0.429. The molecule has 1 aromatic carbocycles. The molecule has 5 heteroatoms. The molecule has 5 nitrogen and oxygen atoms in total. The van der Waals surface area contributed by atoms with Crippen LogP contribution in [0, 0.1) is 5.92 Å². The Hall–Kier alpha value is -2.04. The summed E-state index contributed by atoms with van der Waals surface area (Å²) in [6.45, 7) is 3.63. The molecule has 1 atom stereocenters. The van der Waals surface area contributed by atoms with Gasteiger partial charge in [-0.25, -0.2) is 9.59 Å². The molecule has 0 bridgehead atoms. The second kappa shape index (κ2) is 6.78. The molecule has 0 aliphatic carbocycles. The summed E-state index contributed by atoms with van der Waals surface area (Å²) in [6.07, 6.45) is -0.634. The maximum Gasteiger partial charge on any atom is 0.410 e. The first-order valence-corrected chi connectivity index (χ1v) is 6.09. The predicted octanol–water partition coefficient (Wildman–Crippen LogP) is 2.36. The van der Waals surface area contributed by atoms with Gasteiger partial charge in [-0.05, 0) is 11.5 Å². The number of benzene rings is 1. The lowest BCUT2D eigenvalue weighted by Gasteiger charge is -2.26. The van der Waals surface area contributed by atoms with Crippen LogP contribution in [0.25, 0.3) is 0 Å². The summed E-state index contributed by atoms with van der Waals surface area (Å²) in [5.41, 5.74) is 0.862. The van der Waals surface area contributed by atoms with E-state index in [0.29, 0.717) is 0 Å². The number of amides is 1. The lowest BCUT2D eigenvalue weighted by molar-refractivity contribution is -0.143. The fourth-order valence-electron chi connectivity index (χ4n) is 1.83. The van der Waals surface area contributed by atoms with E-state index >= 15 is 0 Å². The number of hydrogen-bond donors (Lipinski definition) is 1. The van der Waals surface area contributed by atoms with Gasteiger partial charge in [-0.2, -0.15) is 0 Å². The highest BCUT2D eigenvalue weighted by Crippen LogP contribution is 2.11. The van der Waals surface area contributed by atoms with Crippen LogP contribution in [-0.4, -0.2) is 35.2 Å². The topological polar surface area (TPSA) is 66.8 Å². The summed E-state index contributed by atoms with van der Waals surface area (Å²) in [4.78, 5) is 24.0. The second-order valence-electron chi connectivity index (χ2n) is 4.68. The van der Waals surface area contributed by atoms with E-state index in [0.717, 1.165) is 10.5 Å². The molecule has 1 aromatic rings. The van der Waals surface area contributed by atoms with Crippen LogP contribution < -0.4 is 0 Å². The number of rotatable bonds is 5. The van der Waals surface area contributed by atoms with Crippen LogP contribution in [0.15, 0.2) is 30.3 Å². The Kier molecular flexibility index (Phi) is 5.36. The van der Waals surface area contributed by atoms with Gasteiger partial charge in [0.1, 0.15) is 12.6 Å². The van der Waals surface area contributed by atoms with Crippen molar-refractivity contribution in [3.8, 4) is 0 Å². The number of nitrogens with zero attached hydrogens (tertiary/aromatic N) is 1. The Morgan fingerprint density at radius 3 is 2.32 bits per heavy atom. The van der Waals surface area contributed by atoms with Crippen molar-refractivity contribution in [1.82, 2.24) is 4.90 Å². The van der Waals surface area contributed by atoms with Gasteiger partial charge in [0.25, 0.3) is 0 Å². The molecule has 0 radical (unpaired) electrons. The Morgan fingerprint density at radius 1 is 1.26 bits per heavy atom. The molecule has 0 unspecified atom stereocenters. The van der Waals surface area contributed by atoms with Gasteiger partial charge >= 0.3 is 12.1 Å². The zero-order valence-electron chi connectivity index (χ0n) is 11.4. The minimum atomic E-state index is -1.03. The van der Waals surface area contributed by atoms with Crippen molar-refractivity contribution < 1.29 is 19.4 Å². The van der Waals surface area contributed by atoms with Gasteiger partial charge in [0.2, 0.25) is 0 Å². The first kappa shape index (κ1) is 15.0. The van der Waals surface area contributed by atoms with Crippen molar-refractivity contribution in [2.45, 2.75) is 26.5 Å². The first-order valence-electron chi connectivity index (χ1n) is 6.09. The molecule has 0 aromatic heterocycles. The number of ether oxygens (including phenoxy) is 1. The molecule has 0 saturated heterocycles. The third kappa shape index (κ3) is 4.28. The van der Waals surface area contributed by atoms with Gasteiger partial charge in [0.15, 0.2) is 0 Å². The van der Waals surface area contributed by atoms with Crippen LogP contribution in [0.2, 0.25) is 0 Å². The molecule has 0 fully saturated rings. The van der Waals surface area contributed by atoms with E-state index in [-0.39, 0.29) is 12.5 Å². The number of aliphatic carboxylic acids is 1. The summed E-state index contributed by atoms with van der Waals surface area (Å²) < 4.78 is 5.09. The van der Waals surface area contributed by atoms with Crippen molar-refractivity contribution in [3.05, 3.63) is 35.9 Å². The molecule has 0 aliphatic rings. The molecule has 1 amide bonds. The van der Waals surface area contributed by atoms with E-state index < -0.39 is 18.1 Å². The lowest BCUT2D eigenvalue weighted by atomic mass is 10.0. The molecule has 1 rings (SSSR count). The average Bonchev–Trinajstić information content (AvgIpc) is 2.36. The van der Waals surface area contributed by atoms with Gasteiger partial charge in [0.05, 0.1) is 0 Å². The monoisotopic (exact) mass is 265 g/mol. The zero-order valence-corrected chi connectivity index (χ0v) is 11.4. The maximum atomic E-state index is 11.8. The molecule has 1 N–H and O–H groups in total. The summed E-state index contributed by atoms with van der Waals surface area (Å²) in [5.74, 6) is -1.22. The maximum absolute atomic E-state index is 11.8. The van der Waals surface area contributed by atoms with Crippen LogP contribution in [0.4, 0.5) is 4.79 Å². The third-order valence-corrected chi connectivity index (χ3v) is 2.79. The highest BCUT2D eigenvalue weighted by atomic mass is 16.6. The van der Waals surface area contributed by atoms with Gasteiger partial charge < -0.3 is 9.84 Å². The summed E-state index contributed by atoms with van der Waals surface area (Å²) in [7, 11) is 1.44. The fourth-order valence-corrected chi connectivity index (χ4v) is 1.83. The van der Waals surface area contributed by atoms with Crippen molar-refractivity contribution in [2.75, 3.05) is 7.05 Å². The van der Waals surface area contributed by atoms with Crippen LogP contribution >= 0.6 is 0 Å². The van der Waals surface area contributed by atoms with Crippen LogP contribution in [0.5, 0.6) is 0 Å². The van der Waals surface area contributed by atoms with E-state index in [9.17, 15) is 9.59 Å². The summed E-state index contributed by atoms with van der Waals surface area (Å²) in [5, 5.41) is 9.10. The highest BCUT2D eigenvalue weighted by Gasteiger charge is 2.30. The molecular formula is C14H19NO4. The summed E-state index contributed by atoms with van der Waals surface area (Å²) in [6, 6.07) is 8.36. The van der Waals surface area contributed by atoms with Crippen molar-refractivity contribution in [1.29, 1.82) is 0 Å². The molecule has 0 spiro atoms. The van der Waals surface area contributed by atoms with Gasteiger partial charge in [-0.1, -0.05) is 44.2 Å². The minimum Gasteiger partial charge on any atom is -0.480 e. The highest BCUT2D eigenvalue weighted by molar-refractivity contribution is 5.80. The van der Waals surface area contributed by atoms with E-state index in [1.54, 1.807) is 13.8 Å². The number of carbonyl (C=O) groups is 2. The van der Waals surface area contributed by atoms with E-state index in [4.69, 9.17) is 9.84 Å². The first-order chi connectivity index (χ1) is 8.93. The molecule has 104 valence electrons. The van der Waals surface area contributed by atoms with E-state index in [1.165, 1.54) is 7.05 Å². The number of carboxylic acids is 1. The SMILES string of the molecule is CC(C)[C@@H](C(=O)O)N(C)C(=O)OCc1ccccc1. The number of hydrogen-bond acceptors (Lipinski definition) is 3. The Bertz CT molecular complexity index is 430. The standard InChI is InChI=1S/C14H19NO4/c1-10(2)12(13(16)17)15(3)14(18)19-9-11-7-5-4-6-8-11/h4-8,10,12H,9H2,1-3H3,(H,16,17)/t12-/m0/s1. The smallest absolute Gasteiger partial charge is 0.410 e.